The van der Waals surface area contributed by atoms with Crippen molar-refractivity contribution >= 4 is 22.2 Å². The van der Waals surface area contributed by atoms with Crippen LogP contribution in [0.15, 0.2) is 12.1 Å². The summed E-state index contributed by atoms with van der Waals surface area (Å²) < 4.78 is 11.0. The lowest BCUT2D eigenvalue weighted by atomic mass is 9.83. The second-order valence-corrected chi connectivity index (χ2v) is 6.94. The van der Waals surface area contributed by atoms with Gasteiger partial charge in [-0.05, 0) is 32.3 Å². The molecular formula is C13H22BNO2P. The van der Waals surface area contributed by atoms with Crippen molar-refractivity contribution in [2.24, 2.45) is 0 Å². The summed E-state index contributed by atoms with van der Waals surface area (Å²) in [5.74, 6) is 0.621. The monoisotopic (exact) mass is 266 g/mol. The highest BCUT2D eigenvalue weighted by Gasteiger charge is 2.33. The van der Waals surface area contributed by atoms with E-state index in [1.807, 2.05) is 19.1 Å². The number of pyridine rings is 1. The van der Waals surface area contributed by atoms with Crippen molar-refractivity contribution in [2.75, 3.05) is 7.11 Å². The Kier molecular flexibility index (Phi) is 4.80. The van der Waals surface area contributed by atoms with Gasteiger partial charge in [-0.3, -0.25) is 0 Å². The lowest BCUT2D eigenvalue weighted by molar-refractivity contribution is 0.0840. The van der Waals surface area contributed by atoms with Gasteiger partial charge >= 0.3 is 7.48 Å². The first-order valence-electron chi connectivity index (χ1n) is 5.99. The minimum atomic E-state index is -0.274. The highest BCUT2D eigenvalue weighted by Crippen LogP contribution is 2.33. The quantitative estimate of drug-likeness (QED) is 0.604. The number of aryl methyl sites for hydroxylation is 1. The number of ether oxygens (including phenoxy) is 1. The van der Waals surface area contributed by atoms with Gasteiger partial charge < -0.3 is 9.39 Å². The molecule has 18 heavy (non-hydrogen) atoms. The molecule has 0 bridgehead atoms. The van der Waals surface area contributed by atoms with E-state index in [1.54, 1.807) is 14.6 Å². The van der Waals surface area contributed by atoms with Crippen LogP contribution in [-0.4, -0.2) is 30.3 Å². The summed E-state index contributed by atoms with van der Waals surface area (Å²) in [6.45, 7) is 10.3. The van der Waals surface area contributed by atoms with Crippen molar-refractivity contribution in [3.63, 3.8) is 0 Å². The minimum Gasteiger partial charge on any atom is -0.481 e. The van der Waals surface area contributed by atoms with Gasteiger partial charge in [0.1, 0.15) is 0 Å². The van der Waals surface area contributed by atoms with E-state index in [4.69, 9.17) is 9.39 Å². The molecule has 0 saturated carbocycles. The summed E-state index contributed by atoms with van der Waals surface area (Å²) in [5, 5.41) is -0.0166. The van der Waals surface area contributed by atoms with Crippen LogP contribution in [0.1, 0.15) is 33.4 Å². The summed E-state index contributed by atoms with van der Waals surface area (Å²) >= 11 is 0. The molecule has 1 radical (unpaired) electrons. The Morgan fingerprint density at radius 2 is 1.83 bits per heavy atom. The lowest BCUT2D eigenvalue weighted by Gasteiger charge is -2.39. The van der Waals surface area contributed by atoms with Crippen molar-refractivity contribution in [2.45, 2.75) is 45.4 Å². The molecule has 0 aliphatic rings. The molecule has 1 atom stereocenters. The highest BCUT2D eigenvalue weighted by molar-refractivity contribution is 7.19. The molecule has 0 saturated heterocycles. The summed E-state index contributed by atoms with van der Waals surface area (Å²) in [7, 11) is 6.20. The SMILES string of the molecule is COc1ccc([B]OC(C)(C)C(C)(C)P)c(C)n1. The summed E-state index contributed by atoms with van der Waals surface area (Å²) in [4.78, 5) is 4.32. The number of nitrogens with zero attached hydrogens (tertiary/aromatic N) is 1. The third-order valence-corrected chi connectivity index (χ3v) is 4.04. The molecule has 1 aromatic rings. The molecule has 1 aromatic heterocycles. The van der Waals surface area contributed by atoms with Gasteiger partial charge in [0.25, 0.3) is 0 Å². The molecule has 1 rings (SSSR count). The van der Waals surface area contributed by atoms with Gasteiger partial charge in [0.05, 0.1) is 12.7 Å². The van der Waals surface area contributed by atoms with Crippen LogP contribution in [0.3, 0.4) is 0 Å². The molecule has 0 aliphatic heterocycles. The van der Waals surface area contributed by atoms with Gasteiger partial charge in [-0.25, -0.2) is 4.98 Å². The zero-order chi connectivity index (χ0) is 14.0. The van der Waals surface area contributed by atoms with Crippen LogP contribution in [0.25, 0.3) is 0 Å². The summed E-state index contributed by atoms with van der Waals surface area (Å²) in [5.41, 5.74) is 1.59. The standard InChI is InChI=1S/C13H22BNO2P/c1-9-10(7-8-11(15-9)16-6)14-17-12(2,3)13(4,5)18/h7-8H,18H2,1-6H3. The summed E-state index contributed by atoms with van der Waals surface area (Å²) in [6.07, 6.45) is 0. The Hall–Kier alpha value is -0.595. The normalized spacial score (nSPS) is 12.4. The fraction of sp³-hybridized carbons (Fsp3) is 0.615. The molecule has 0 amide bonds. The average molecular weight is 266 g/mol. The van der Waals surface area contributed by atoms with Crippen LogP contribution in [0.2, 0.25) is 0 Å². The number of aromatic nitrogens is 1. The molecule has 99 valence electrons. The predicted molar refractivity (Wildman–Crippen MR) is 79.9 cm³/mol. The Bertz CT molecular complexity index is 416. The maximum Gasteiger partial charge on any atom is 0.332 e. The lowest BCUT2D eigenvalue weighted by Crippen LogP contribution is -2.45. The van der Waals surface area contributed by atoms with Crippen molar-refractivity contribution in [3.8, 4) is 5.88 Å². The maximum atomic E-state index is 5.91. The van der Waals surface area contributed by atoms with Crippen molar-refractivity contribution in [1.82, 2.24) is 4.98 Å². The van der Waals surface area contributed by atoms with Crippen molar-refractivity contribution in [3.05, 3.63) is 17.8 Å². The van der Waals surface area contributed by atoms with Gasteiger partial charge in [0.15, 0.2) is 0 Å². The largest absolute Gasteiger partial charge is 0.481 e. The third-order valence-electron chi connectivity index (χ3n) is 3.34. The van der Waals surface area contributed by atoms with Gasteiger partial charge in [-0.15, -0.1) is 9.24 Å². The van der Waals surface area contributed by atoms with Crippen LogP contribution in [-0.2, 0) is 4.65 Å². The van der Waals surface area contributed by atoms with Gasteiger partial charge in [-0.2, -0.15) is 0 Å². The van der Waals surface area contributed by atoms with E-state index >= 15 is 0 Å². The molecule has 0 fully saturated rings. The maximum absolute atomic E-state index is 5.91. The Morgan fingerprint density at radius 1 is 1.22 bits per heavy atom. The fourth-order valence-electron chi connectivity index (χ4n) is 1.15. The van der Waals surface area contributed by atoms with Gasteiger partial charge in [0.2, 0.25) is 5.88 Å². The molecule has 0 spiro atoms. The Balaban J connectivity index is 2.75. The first-order valence-corrected chi connectivity index (χ1v) is 6.56. The van der Waals surface area contributed by atoms with Crippen LogP contribution in [0, 0.1) is 6.92 Å². The second-order valence-electron chi connectivity index (χ2n) is 5.50. The molecule has 0 N–H and O–H groups in total. The first kappa shape index (κ1) is 15.5. The number of hydrogen-bond acceptors (Lipinski definition) is 3. The molecule has 5 heteroatoms. The van der Waals surface area contributed by atoms with Gasteiger partial charge in [-0.1, -0.05) is 19.9 Å². The van der Waals surface area contributed by atoms with Crippen LogP contribution in [0.4, 0.5) is 0 Å². The Labute approximate surface area is 113 Å². The van der Waals surface area contributed by atoms with E-state index in [0.29, 0.717) is 5.88 Å². The summed E-state index contributed by atoms with van der Waals surface area (Å²) in [6, 6.07) is 3.79. The Morgan fingerprint density at radius 3 is 2.28 bits per heavy atom. The smallest absolute Gasteiger partial charge is 0.332 e. The van der Waals surface area contributed by atoms with E-state index in [1.165, 1.54) is 0 Å². The molecule has 0 aliphatic carbocycles. The topological polar surface area (TPSA) is 31.4 Å². The number of rotatable bonds is 5. The molecular weight excluding hydrogens is 244 g/mol. The van der Waals surface area contributed by atoms with Crippen molar-refractivity contribution < 1.29 is 9.39 Å². The predicted octanol–water partition coefficient (Wildman–Crippen LogP) is 2.09. The number of hydrogen-bond donors (Lipinski definition) is 0. The molecule has 1 unspecified atom stereocenters. The third kappa shape index (κ3) is 3.70. The van der Waals surface area contributed by atoms with E-state index in [0.717, 1.165) is 11.2 Å². The van der Waals surface area contributed by atoms with Crippen LogP contribution >= 0.6 is 9.24 Å². The first-order chi connectivity index (χ1) is 8.17. The zero-order valence-electron chi connectivity index (χ0n) is 12.1. The van der Waals surface area contributed by atoms with Crippen molar-refractivity contribution in [1.29, 1.82) is 0 Å². The van der Waals surface area contributed by atoms with E-state index in [9.17, 15) is 0 Å². The minimum absolute atomic E-state index is 0.0166. The highest BCUT2D eigenvalue weighted by atomic mass is 31.0. The molecule has 3 nitrogen and oxygen atoms in total. The molecule has 1 heterocycles. The van der Waals surface area contributed by atoms with Gasteiger partial charge in [0, 0.05) is 10.9 Å². The second kappa shape index (κ2) is 5.58. The zero-order valence-corrected chi connectivity index (χ0v) is 13.2. The van der Waals surface area contributed by atoms with Crippen LogP contribution in [0.5, 0.6) is 5.88 Å². The van der Waals surface area contributed by atoms with Crippen LogP contribution < -0.4 is 10.2 Å². The van der Waals surface area contributed by atoms with E-state index < -0.39 is 0 Å². The molecule has 0 aromatic carbocycles. The van der Waals surface area contributed by atoms with E-state index in [-0.39, 0.29) is 10.8 Å². The van der Waals surface area contributed by atoms with E-state index in [2.05, 4.69) is 41.9 Å². The average Bonchev–Trinajstić information content (AvgIpc) is 2.25. The fourth-order valence-corrected chi connectivity index (χ4v) is 1.22. The number of methoxy groups -OCH3 is 1.